The van der Waals surface area contributed by atoms with Crippen molar-refractivity contribution in [2.75, 3.05) is 61.0 Å². The monoisotopic (exact) mass is 531 g/mol. The second kappa shape index (κ2) is 11.9. The first-order chi connectivity index (χ1) is 17.4. The molecule has 2 heterocycles. The van der Waals surface area contributed by atoms with Gasteiger partial charge in [-0.1, -0.05) is 36.1 Å². The summed E-state index contributed by atoms with van der Waals surface area (Å²) < 4.78 is 20.8. The number of hydrogen-bond donors (Lipinski definition) is 2. The van der Waals surface area contributed by atoms with E-state index in [9.17, 15) is 14.0 Å². The summed E-state index contributed by atoms with van der Waals surface area (Å²) in [5.41, 5.74) is 8.74. The highest BCUT2D eigenvalue weighted by Crippen LogP contribution is 2.29. The predicted molar refractivity (Wildman–Crippen MR) is 147 cm³/mol. The van der Waals surface area contributed by atoms with Crippen LogP contribution in [0.5, 0.6) is 0 Å². The number of aldehydes is 1. The van der Waals surface area contributed by atoms with Crippen LogP contribution in [0.1, 0.15) is 5.56 Å². The lowest BCUT2D eigenvalue weighted by Gasteiger charge is -2.37. The van der Waals surface area contributed by atoms with Crippen LogP contribution in [0.4, 0.5) is 26.2 Å². The summed E-state index contributed by atoms with van der Waals surface area (Å²) in [5, 5.41) is 2.66. The Balaban J connectivity index is 1.33. The van der Waals surface area contributed by atoms with Crippen molar-refractivity contribution in [2.45, 2.75) is 17.8 Å². The van der Waals surface area contributed by atoms with Crippen LogP contribution in [0.25, 0.3) is 0 Å². The van der Waals surface area contributed by atoms with Crippen LogP contribution < -0.4 is 25.8 Å². The smallest absolute Gasteiger partial charge is 0.414 e. The Morgan fingerprint density at radius 3 is 2.44 bits per heavy atom. The number of nitrogens with two attached hydrogens (primary N) is 1. The maximum absolute atomic E-state index is 15.0. The molecule has 2 aromatic rings. The summed E-state index contributed by atoms with van der Waals surface area (Å²) in [7, 11) is 1.75. The molecule has 2 fully saturated rings. The number of halogens is 1. The van der Waals surface area contributed by atoms with Gasteiger partial charge >= 0.3 is 6.09 Å². The standard InChI is InChI=1S/C25H30FN5O3S2/c1-28-24(35)36-21(16-32)12-17-2-4-18(5-3-17)29-8-10-30(11-9-29)23-7-6-19(13-22(23)26)31-15-20(14-27)34-25(31)33/h2-7,13,16,20-21H,8-12,14-15,27H2,1H3,(H,28,35). The lowest BCUT2D eigenvalue weighted by atomic mass is 10.1. The number of carbonyl (C=O) groups is 2. The highest BCUT2D eigenvalue weighted by Gasteiger charge is 2.32. The van der Waals surface area contributed by atoms with Gasteiger partial charge in [0.15, 0.2) is 0 Å². The number of hydrogen-bond acceptors (Lipinski definition) is 8. The molecule has 2 aliphatic heterocycles. The molecule has 2 atom stereocenters. The topological polar surface area (TPSA) is 91.1 Å². The number of cyclic esters (lactones) is 1. The number of nitrogens with zero attached hydrogens (tertiary/aromatic N) is 3. The first-order valence-corrected chi connectivity index (χ1v) is 13.1. The van der Waals surface area contributed by atoms with Crippen molar-refractivity contribution >= 4 is 57.7 Å². The molecule has 0 spiro atoms. The fourth-order valence-corrected chi connectivity index (χ4v) is 5.46. The minimum Gasteiger partial charge on any atom is -0.443 e. The van der Waals surface area contributed by atoms with Crippen molar-refractivity contribution < 1.29 is 18.7 Å². The van der Waals surface area contributed by atoms with Gasteiger partial charge in [-0.3, -0.25) is 4.90 Å². The number of amides is 1. The number of ether oxygens (including phenoxy) is 1. The molecule has 2 aliphatic rings. The normalized spacial score (nSPS) is 18.7. The molecule has 192 valence electrons. The number of piperazine rings is 1. The quantitative estimate of drug-likeness (QED) is 0.394. The number of nitrogens with one attached hydrogen (secondary N) is 1. The van der Waals surface area contributed by atoms with Gasteiger partial charge in [0, 0.05) is 45.5 Å². The van der Waals surface area contributed by atoms with Crippen LogP contribution in [0.15, 0.2) is 42.5 Å². The molecule has 3 N–H and O–H groups in total. The predicted octanol–water partition coefficient (Wildman–Crippen LogP) is 2.78. The molecule has 11 heteroatoms. The molecular formula is C25H30FN5O3S2. The van der Waals surface area contributed by atoms with E-state index in [1.807, 2.05) is 17.0 Å². The summed E-state index contributed by atoms with van der Waals surface area (Å²) in [6.45, 7) is 3.40. The fraction of sp³-hybridized carbons (Fsp3) is 0.400. The molecule has 8 nitrogen and oxygen atoms in total. The van der Waals surface area contributed by atoms with Crippen LogP contribution in [0.3, 0.4) is 0 Å². The third-order valence-electron chi connectivity index (χ3n) is 6.35. The van der Waals surface area contributed by atoms with E-state index in [1.165, 1.54) is 22.7 Å². The largest absolute Gasteiger partial charge is 0.443 e. The second-order valence-electron chi connectivity index (χ2n) is 8.66. The molecule has 0 bridgehead atoms. The number of rotatable bonds is 8. The van der Waals surface area contributed by atoms with Gasteiger partial charge < -0.3 is 30.4 Å². The van der Waals surface area contributed by atoms with E-state index in [4.69, 9.17) is 22.7 Å². The first kappa shape index (κ1) is 26.2. The van der Waals surface area contributed by atoms with Crippen molar-refractivity contribution in [3.8, 4) is 0 Å². The van der Waals surface area contributed by atoms with Gasteiger partial charge in [-0.05, 0) is 42.3 Å². The molecule has 0 aromatic heterocycles. The van der Waals surface area contributed by atoms with Gasteiger partial charge in [-0.2, -0.15) is 0 Å². The Labute approximate surface area is 219 Å². The Morgan fingerprint density at radius 1 is 1.19 bits per heavy atom. The minimum absolute atomic E-state index is 0.223. The van der Waals surface area contributed by atoms with Gasteiger partial charge in [0.2, 0.25) is 0 Å². The summed E-state index contributed by atoms with van der Waals surface area (Å²) in [5.74, 6) is -0.366. The number of thiocarbonyl (C=S) groups is 1. The van der Waals surface area contributed by atoms with E-state index in [0.717, 1.165) is 30.6 Å². The summed E-state index contributed by atoms with van der Waals surface area (Å²) in [6, 6.07) is 13.1. The van der Waals surface area contributed by atoms with Crippen LogP contribution in [-0.2, 0) is 16.0 Å². The third kappa shape index (κ3) is 6.08. The van der Waals surface area contributed by atoms with Crippen molar-refractivity contribution in [3.63, 3.8) is 0 Å². The van der Waals surface area contributed by atoms with E-state index in [-0.39, 0.29) is 23.7 Å². The van der Waals surface area contributed by atoms with Gasteiger partial charge in [-0.15, -0.1) is 0 Å². The Morgan fingerprint density at radius 2 is 1.86 bits per heavy atom. The minimum atomic E-state index is -0.501. The number of benzene rings is 2. The van der Waals surface area contributed by atoms with E-state index in [1.54, 1.807) is 19.2 Å². The highest BCUT2D eigenvalue weighted by molar-refractivity contribution is 8.23. The Bertz CT molecular complexity index is 1100. The second-order valence-corrected chi connectivity index (χ2v) is 10.6. The first-order valence-electron chi connectivity index (χ1n) is 11.8. The maximum atomic E-state index is 15.0. The summed E-state index contributed by atoms with van der Waals surface area (Å²) >= 11 is 6.51. The molecule has 4 rings (SSSR count). The van der Waals surface area contributed by atoms with Crippen molar-refractivity contribution in [3.05, 3.63) is 53.8 Å². The fourth-order valence-electron chi connectivity index (χ4n) is 4.37. The SMILES string of the molecule is CNC(=S)SC(C=O)Cc1ccc(N2CCN(c3ccc(N4CC(CN)OC4=O)cc3F)CC2)cc1. The van der Waals surface area contributed by atoms with Crippen molar-refractivity contribution in [1.29, 1.82) is 0 Å². The molecule has 0 saturated carbocycles. The molecule has 0 aliphatic carbocycles. The molecule has 1 amide bonds. The van der Waals surface area contributed by atoms with Gasteiger partial charge in [0.1, 0.15) is 22.5 Å². The van der Waals surface area contributed by atoms with Crippen molar-refractivity contribution in [1.82, 2.24) is 5.32 Å². The zero-order valence-corrected chi connectivity index (χ0v) is 21.7. The number of carbonyl (C=O) groups excluding carboxylic acids is 2. The van der Waals surface area contributed by atoms with E-state index in [0.29, 0.717) is 41.8 Å². The van der Waals surface area contributed by atoms with E-state index < -0.39 is 6.09 Å². The lowest BCUT2D eigenvalue weighted by Crippen LogP contribution is -2.46. The van der Waals surface area contributed by atoms with Crippen LogP contribution in [-0.4, -0.2) is 74.4 Å². The van der Waals surface area contributed by atoms with Crippen LogP contribution in [0.2, 0.25) is 0 Å². The Hall–Kier alpha value is -2.89. The van der Waals surface area contributed by atoms with Gasteiger partial charge in [-0.25, -0.2) is 9.18 Å². The molecule has 2 aromatic carbocycles. The summed E-state index contributed by atoms with van der Waals surface area (Å²) in [6.07, 6.45) is 0.672. The van der Waals surface area contributed by atoms with Gasteiger partial charge in [0.05, 0.1) is 23.2 Å². The molecule has 36 heavy (non-hydrogen) atoms. The molecule has 0 radical (unpaired) electrons. The number of thioether (sulfide) groups is 1. The molecule has 2 unspecified atom stereocenters. The average molecular weight is 532 g/mol. The van der Waals surface area contributed by atoms with Gasteiger partial charge in [0.25, 0.3) is 0 Å². The zero-order valence-electron chi connectivity index (χ0n) is 20.1. The maximum Gasteiger partial charge on any atom is 0.414 e. The Kier molecular flexibility index (Phi) is 8.65. The van der Waals surface area contributed by atoms with E-state index in [2.05, 4.69) is 22.3 Å². The lowest BCUT2D eigenvalue weighted by molar-refractivity contribution is -0.107. The van der Waals surface area contributed by atoms with Crippen LogP contribution in [0, 0.1) is 5.82 Å². The number of anilines is 3. The molecular weight excluding hydrogens is 501 g/mol. The summed E-state index contributed by atoms with van der Waals surface area (Å²) in [4.78, 5) is 29.1. The third-order valence-corrected chi connectivity index (χ3v) is 7.84. The van der Waals surface area contributed by atoms with E-state index >= 15 is 0 Å². The zero-order chi connectivity index (χ0) is 25.7. The highest BCUT2D eigenvalue weighted by atomic mass is 32.2. The average Bonchev–Trinajstić information content (AvgIpc) is 3.29. The van der Waals surface area contributed by atoms with Crippen LogP contribution >= 0.6 is 24.0 Å². The van der Waals surface area contributed by atoms with Crippen molar-refractivity contribution in [2.24, 2.45) is 5.73 Å². The molecule has 2 saturated heterocycles.